The second-order valence-electron chi connectivity index (χ2n) is 6.73. The van der Waals surface area contributed by atoms with Crippen molar-refractivity contribution in [3.63, 3.8) is 0 Å². The summed E-state index contributed by atoms with van der Waals surface area (Å²) in [4.78, 5) is 0.0567. The van der Waals surface area contributed by atoms with Crippen LogP contribution in [0.4, 0.5) is 0 Å². The molecular formula is C23H25NO5S. The Labute approximate surface area is 177 Å². The van der Waals surface area contributed by atoms with Crippen molar-refractivity contribution in [1.29, 1.82) is 0 Å². The number of ether oxygens (including phenoxy) is 2. The van der Waals surface area contributed by atoms with Crippen molar-refractivity contribution < 1.29 is 23.0 Å². The predicted molar refractivity (Wildman–Crippen MR) is 115 cm³/mol. The Morgan fingerprint density at radius 3 is 2.30 bits per heavy atom. The molecule has 0 amide bonds. The molecule has 3 aromatic rings. The van der Waals surface area contributed by atoms with Gasteiger partial charge in [-0.2, -0.15) is 4.31 Å². The van der Waals surface area contributed by atoms with Gasteiger partial charge in [0, 0.05) is 13.1 Å². The fourth-order valence-electron chi connectivity index (χ4n) is 3.15. The average molecular weight is 428 g/mol. The lowest BCUT2D eigenvalue weighted by molar-refractivity contribution is 0.145. The van der Waals surface area contributed by atoms with Crippen molar-refractivity contribution in [2.75, 3.05) is 20.8 Å². The van der Waals surface area contributed by atoms with Crippen LogP contribution in [0.15, 0.2) is 83.8 Å². The van der Waals surface area contributed by atoms with Crippen LogP contribution in [0.5, 0.6) is 11.5 Å². The zero-order valence-corrected chi connectivity index (χ0v) is 17.7. The van der Waals surface area contributed by atoms with E-state index in [-0.39, 0.29) is 23.7 Å². The van der Waals surface area contributed by atoms with Crippen molar-refractivity contribution in [3.8, 4) is 11.5 Å². The maximum atomic E-state index is 13.5. The minimum absolute atomic E-state index is 0.0567. The van der Waals surface area contributed by atoms with Crippen LogP contribution in [0.2, 0.25) is 0 Å². The fourth-order valence-corrected chi connectivity index (χ4v) is 4.74. The fraction of sp³-hybridized carbons (Fsp3) is 0.217. The third kappa shape index (κ3) is 4.99. The van der Waals surface area contributed by atoms with Crippen LogP contribution in [0.1, 0.15) is 17.2 Å². The van der Waals surface area contributed by atoms with E-state index in [1.54, 1.807) is 49.6 Å². The van der Waals surface area contributed by atoms with Crippen molar-refractivity contribution in [2.45, 2.75) is 17.5 Å². The molecule has 0 heterocycles. The highest BCUT2D eigenvalue weighted by molar-refractivity contribution is 7.89. The number of benzene rings is 3. The zero-order chi connectivity index (χ0) is 21.6. The average Bonchev–Trinajstić information content (AvgIpc) is 2.79. The first-order valence-electron chi connectivity index (χ1n) is 9.45. The minimum atomic E-state index is -3.94. The van der Waals surface area contributed by atoms with Gasteiger partial charge in [0.25, 0.3) is 0 Å². The van der Waals surface area contributed by atoms with Crippen LogP contribution in [0, 0.1) is 0 Å². The Balaban J connectivity index is 1.97. The quantitative estimate of drug-likeness (QED) is 0.564. The molecule has 1 N–H and O–H groups in total. The SMILES string of the molecule is COc1cccc(C(O)CN(Cc2ccccc2)S(=O)(=O)c2ccccc2OC)c1. The van der Waals surface area contributed by atoms with Crippen LogP contribution in [-0.2, 0) is 16.6 Å². The normalized spacial score (nSPS) is 12.5. The molecule has 1 atom stereocenters. The van der Waals surface area contributed by atoms with E-state index >= 15 is 0 Å². The molecule has 0 saturated carbocycles. The van der Waals surface area contributed by atoms with Gasteiger partial charge in [0.15, 0.2) is 0 Å². The molecule has 3 aromatic carbocycles. The number of hydrogen-bond donors (Lipinski definition) is 1. The lowest BCUT2D eigenvalue weighted by Crippen LogP contribution is -2.34. The summed E-state index contributed by atoms with van der Waals surface area (Å²) >= 11 is 0. The molecule has 0 spiro atoms. The molecule has 3 rings (SSSR count). The lowest BCUT2D eigenvalue weighted by Gasteiger charge is -2.26. The van der Waals surface area contributed by atoms with E-state index in [0.29, 0.717) is 11.3 Å². The Morgan fingerprint density at radius 2 is 1.60 bits per heavy atom. The summed E-state index contributed by atoms with van der Waals surface area (Å²) in [6.07, 6.45) is -1.03. The standard InChI is InChI=1S/C23H25NO5S/c1-28-20-12-8-11-19(15-20)21(25)17-24(16-18-9-4-3-5-10-18)30(26,27)23-14-7-6-13-22(23)29-2/h3-15,21,25H,16-17H2,1-2H3. The Morgan fingerprint density at radius 1 is 0.900 bits per heavy atom. The van der Waals surface area contributed by atoms with Crippen LogP contribution < -0.4 is 9.47 Å². The smallest absolute Gasteiger partial charge is 0.247 e. The maximum Gasteiger partial charge on any atom is 0.247 e. The third-order valence-corrected chi connectivity index (χ3v) is 6.59. The molecule has 0 aliphatic heterocycles. The van der Waals surface area contributed by atoms with E-state index in [2.05, 4.69) is 0 Å². The molecule has 0 fully saturated rings. The number of nitrogens with zero attached hydrogens (tertiary/aromatic N) is 1. The molecule has 0 radical (unpaired) electrons. The van der Waals surface area contributed by atoms with Crippen molar-refractivity contribution >= 4 is 10.0 Å². The van der Waals surface area contributed by atoms with Gasteiger partial charge < -0.3 is 14.6 Å². The van der Waals surface area contributed by atoms with Gasteiger partial charge in [0.2, 0.25) is 10.0 Å². The van der Waals surface area contributed by atoms with Gasteiger partial charge in [-0.1, -0.05) is 54.6 Å². The number of aliphatic hydroxyl groups is 1. The first-order chi connectivity index (χ1) is 14.5. The summed E-state index contributed by atoms with van der Waals surface area (Å²) < 4.78 is 38.8. The highest BCUT2D eigenvalue weighted by Crippen LogP contribution is 2.29. The first-order valence-corrected chi connectivity index (χ1v) is 10.9. The summed E-state index contributed by atoms with van der Waals surface area (Å²) in [5, 5.41) is 10.8. The zero-order valence-electron chi connectivity index (χ0n) is 16.9. The topological polar surface area (TPSA) is 76.1 Å². The van der Waals surface area contributed by atoms with Crippen LogP contribution in [-0.4, -0.2) is 38.6 Å². The van der Waals surface area contributed by atoms with E-state index in [1.807, 2.05) is 30.3 Å². The van der Waals surface area contributed by atoms with E-state index in [0.717, 1.165) is 5.56 Å². The predicted octanol–water partition coefficient (Wildman–Crippen LogP) is 3.63. The Hall–Kier alpha value is -2.87. The monoisotopic (exact) mass is 427 g/mol. The van der Waals surface area contributed by atoms with Crippen molar-refractivity contribution in [3.05, 3.63) is 90.0 Å². The molecule has 0 aliphatic rings. The van der Waals surface area contributed by atoms with E-state index in [4.69, 9.17) is 9.47 Å². The van der Waals surface area contributed by atoms with Crippen LogP contribution >= 0.6 is 0 Å². The van der Waals surface area contributed by atoms with E-state index in [9.17, 15) is 13.5 Å². The molecule has 0 aromatic heterocycles. The van der Waals surface area contributed by atoms with Crippen LogP contribution in [0.25, 0.3) is 0 Å². The Bertz CT molecular complexity index is 1070. The molecule has 158 valence electrons. The van der Waals surface area contributed by atoms with Gasteiger partial charge >= 0.3 is 0 Å². The minimum Gasteiger partial charge on any atom is -0.497 e. The summed E-state index contributed by atoms with van der Waals surface area (Å²) in [6, 6.07) is 22.7. The number of sulfonamides is 1. The molecule has 7 heteroatoms. The molecule has 1 unspecified atom stereocenters. The van der Waals surface area contributed by atoms with Gasteiger partial charge in [0.1, 0.15) is 16.4 Å². The van der Waals surface area contributed by atoms with Crippen molar-refractivity contribution in [2.24, 2.45) is 0 Å². The number of para-hydroxylation sites is 1. The summed E-state index contributed by atoms with van der Waals surface area (Å²) in [7, 11) is -0.971. The molecule has 0 bridgehead atoms. The first kappa shape index (κ1) is 21.8. The van der Waals surface area contributed by atoms with Gasteiger partial charge in [-0.05, 0) is 35.4 Å². The van der Waals surface area contributed by atoms with Crippen LogP contribution in [0.3, 0.4) is 0 Å². The van der Waals surface area contributed by atoms with Gasteiger partial charge in [-0.25, -0.2) is 8.42 Å². The summed E-state index contributed by atoms with van der Waals surface area (Å²) in [6.45, 7) is -0.00923. The molecule has 0 saturated heterocycles. The largest absolute Gasteiger partial charge is 0.497 e. The molecule has 6 nitrogen and oxygen atoms in total. The van der Waals surface area contributed by atoms with Gasteiger partial charge in [-0.3, -0.25) is 0 Å². The number of methoxy groups -OCH3 is 2. The van der Waals surface area contributed by atoms with Gasteiger partial charge in [0.05, 0.1) is 20.3 Å². The highest BCUT2D eigenvalue weighted by Gasteiger charge is 2.30. The van der Waals surface area contributed by atoms with E-state index < -0.39 is 16.1 Å². The number of aliphatic hydroxyl groups excluding tert-OH is 1. The third-order valence-electron chi connectivity index (χ3n) is 4.74. The van der Waals surface area contributed by atoms with Crippen molar-refractivity contribution in [1.82, 2.24) is 4.31 Å². The number of rotatable bonds is 9. The lowest BCUT2D eigenvalue weighted by atomic mass is 10.1. The highest BCUT2D eigenvalue weighted by atomic mass is 32.2. The van der Waals surface area contributed by atoms with E-state index in [1.165, 1.54) is 17.5 Å². The summed E-state index contributed by atoms with van der Waals surface area (Å²) in [5.74, 6) is 0.847. The molecular weight excluding hydrogens is 402 g/mol. The van der Waals surface area contributed by atoms with Gasteiger partial charge in [-0.15, -0.1) is 0 Å². The molecule has 30 heavy (non-hydrogen) atoms. The maximum absolute atomic E-state index is 13.5. The Kier molecular flexibility index (Phi) is 7.10. The summed E-state index contributed by atoms with van der Waals surface area (Å²) in [5.41, 5.74) is 1.39. The second-order valence-corrected chi connectivity index (χ2v) is 8.63. The second kappa shape index (κ2) is 9.75. The molecule has 0 aliphatic carbocycles. The number of hydrogen-bond acceptors (Lipinski definition) is 5.